The third-order valence-corrected chi connectivity index (χ3v) is 4.09. The minimum absolute atomic E-state index is 0. The van der Waals surface area contributed by atoms with Crippen LogP contribution in [-0.4, -0.2) is 37.3 Å². The molecule has 0 aliphatic carbocycles. The summed E-state index contributed by atoms with van der Waals surface area (Å²) in [5.41, 5.74) is 3.86. The van der Waals surface area contributed by atoms with Gasteiger partial charge in [-0.3, -0.25) is 4.90 Å². The predicted octanol–water partition coefficient (Wildman–Crippen LogP) is 4.35. The lowest BCUT2D eigenvalue weighted by atomic mass is 9.91. The summed E-state index contributed by atoms with van der Waals surface area (Å²) in [6, 6.07) is 3.38. The van der Waals surface area contributed by atoms with E-state index in [2.05, 4.69) is 5.32 Å². The fourth-order valence-corrected chi connectivity index (χ4v) is 3.34. The van der Waals surface area contributed by atoms with Gasteiger partial charge >= 0.3 is 6.18 Å². The Kier molecular flexibility index (Phi) is 8.92. The molecule has 0 unspecified atom stereocenters. The molecule has 0 amide bonds. The van der Waals surface area contributed by atoms with E-state index in [0.29, 0.717) is 13.1 Å². The van der Waals surface area contributed by atoms with Gasteiger partial charge in [0.2, 0.25) is 0 Å². The maximum Gasteiger partial charge on any atom is 0.390 e. The second kappa shape index (κ2) is 9.11. The van der Waals surface area contributed by atoms with E-state index in [4.69, 9.17) is 0 Å². The van der Waals surface area contributed by atoms with Gasteiger partial charge in [0.1, 0.15) is 0 Å². The van der Waals surface area contributed by atoms with Gasteiger partial charge < -0.3 is 5.32 Å². The summed E-state index contributed by atoms with van der Waals surface area (Å²) in [5.74, 6) is 0. The van der Waals surface area contributed by atoms with Crippen molar-refractivity contribution in [1.29, 1.82) is 0 Å². The molecule has 1 atom stereocenters. The topological polar surface area (TPSA) is 15.3 Å². The molecule has 1 saturated heterocycles. The van der Waals surface area contributed by atoms with Crippen molar-refractivity contribution >= 4 is 24.8 Å². The number of rotatable bonds is 3. The first kappa shape index (κ1) is 22.5. The fourth-order valence-electron chi connectivity index (χ4n) is 3.34. The zero-order valence-electron chi connectivity index (χ0n) is 13.7. The zero-order valence-corrected chi connectivity index (χ0v) is 15.3. The average Bonchev–Trinajstić information content (AvgIpc) is 2.36. The maximum atomic E-state index is 13.0. The van der Waals surface area contributed by atoms with Crippen molar-refractivity contribution in [2.24, 2.45) is 0 Å². The summed E-state index contributed by atoms with van der Waals surface area (Å²) in [6.07, 6.45) is -4.93. The zero-order chi connectivity index (χ0) is 15.6. The van der Waals surface area contributed by atoms with Crippen LogP contribution in [0, 0.1) is 20.8 Å². The Morgan fingerprint density at radius 3 is 1.96 bits per heavy atom. The molecule has 1 aliphatic heterocycles. The van der Waals surface area contributed by atoms with Gasteiger partial charge in [0.25, 0.3) is 0 Å². The molecule has 7 heteroatoms. The van der Waals surface area contributed by atoms with Crippen LogP contribution in [0.3, 0.4) is 0 Å². The van der Waals surface area contributed by atoms with Crippen LogP contribution in [0.1, 0.15) is 34.7 Å². The third-order valence-electron chi connectivity index (χ3n) is 4.09. The number of halogens is 5. The highest BCUT2D eigenvalue weighted by Crippen LogP contribution is 2.37. The minimum Gasteiger partial charge on any atom is -0.314 e. The summed E-state index contributed by atoms with van der Waals surface area (Å²) in [7, 11) is 0. The number of nitrogens with zero attached hydrogens (tertiary/aromatic N) is 1. The number of hydrogen-bond acceptors (Lipinski definition) is 2. The van der Waals surface area contributed by atoms with Gasteiger partial charge in [-0.15, -0.1) is 24.8 Å². The van der Waals surface area contributed by atoms with E-state index in [0.717, 1.165) is 35.3 Å². The molecule has 1 aromatic carbocycles. The van der Waals surface area contributed by atoms with Crippen LogP contribution >= 0.6 is 24.8 Å². The second-order valence-electron chi connectivity index (χ2n) is 5.93. The van der Waals surface area contributed by atoms with E-state index in [1.54, 1.807) is 0 Å². The van der Waals surface area contributed by atoms with Crippen LogP contribution in [0.5, 0.6) is 0 Å². The van der Waals surface area contributed by atoms with Crippen LogP contribution in [0.4, 0.5) is 13.2 Å². The van der Waals surface area contributed by atoms with Crippen molar-refractivity contribution in [1.82, 2.24) is 10.2 Å². The largest absolute Gasteiger partial charge is 0.390 e. The van der Waals surface area contributed by atoms with Crippen molar-refractivity contribution in [2.75, 3.05) is 26.2 Å². The van der Waals surface area contributed by atoms with Gasteiger partial charge in [-0.2, -0.15) is 13.2 Å². The van der Waals surface area contributed by atoms with E-state index >= 15 is 0 Å². The van der Waals surface area contributed by atoms with Gasteiger partial charge in [0, 0.05) is 32.2 Å². The Hall–Kier alpha value is -0.490. The van der Waals surface area contributed by atoms with Crippen molar-refractivity contribution < 1.29 is 13.2 Å². The van der Waals surface area contributed by atoms with Crippen LogP contribution in [0.2, 0.25) is 0 Å². The number of alkyl halides is 3. The van der Waals surface area contributed by atoms with Crippen LogP contribution < -0.4 is 5.32 Å². The van der Waals surface area contributed by atoms with E-state index < -0.39 is 18.6 Å². The van der Waals surface area contributed by atoms with Crippen molar-refractivity contribution in [3.05, 3.63) is 34.4 Å². The highest BCUT2D eigenvalue weighted by atomic mass is 35.5. The molecular formula is C16H25Cl2F3N2. The number of piperazine rings is 1. The molecule has 23 heavy (non-hydrogen) atoms. The molecule has 2 nitrogen and oxygen atoms in total. The highest BCUT2D eigenvalue weighted by molar-refractivity contribution is 5.85. The van der Waals surface area contributed by atoms with Gasteiger partial charge in [0.05, 0.1) is 6.42 Å². The van der Waals surface area contributed by atoms with E-state index in [-0.39, 0.29) is 24.8 Å². The molecule has 0 aromatic heterocycles. The average molecular weight is 373 g/mol. The quantitative estimate of drug-likeness (QED) is 0.847. The molecule has 0 radical (unpaired) electrons. The second-order valence-corrected chi connectivity index (χ2v) is 5.93. The molecule has 0 spiro atoms. The van der Waals surface area contributed by atoms with Crippen molar-refractivity contribution in [3.63, 3.8) is 0 Å². The molecule has 1 N–H and O–H groups in total. The molecule has 0 saturated carbocycles. The van der Waals surface area contributed by atoms with Crippen LogP contribution in [-0.2, 0) is 0 Å². The Morgan fingerprint density at radius 2 is 1.52 bits per heavy atom. The van der Waals surface area contributed by atoms with E-state index in [9.17, 15) is 13.2 Å². The van der Waals surface area contributed by atoms with Crippen LogP contribution in [0.15, 0.2) is 12.1 Å². The van der Waals surface area contributed by atoms with Crippen molar-refractivity contribution in [2.45, 2.75) is 39.4 Å². The molecule has 0 bridgehead atoms. The Labute approximate surface area is 148 Å². The molecule has 1 aliphatic rings. The Bertz CT molecular complexity index is 478. The van der Waals surface area contributed by atoms with E-state index in [1.165, 1.54) is 0 Å². The normalized spacial score (nSPS) is 17.1. The van der Waals surface area contributed by atoms with Crippen LogP contribution in [0.25, 0.3) is 0 Å². The van der Waals surface area contributed by atoms with E-state index in [1.807, 2.05) is 37.8 Å². The van der Waals surface area contributed by atoms with Gasteiger partial charge in [-0.05, 0) is 37.5 Å². The predicted molar refractivity (Wildman–Crippen MR) is 93.0 cm³/mol. The summed E-state index contributed by atoms with van der Waals surface area (Å²) in [5, 5.41) is 3.20. The molecule has 1 heterocycles. The summed E-state index contributed by atoms with van der Waals surface area (Å²) >= 11 is 0. The monoisotopic (exact) mass is 372 g/mol. The molecule has 1 fully saturated rings. The third kappa shape index (κ3) is 6.14. The molecule has 2 rings (SSSR count). The van der Waals surface area contributed by atoms with Gasteiger partial charge in [0.15, 0.2) is 0 Å². The first-order valence-electron chi connectivity index (χ1n) is 7.37. The Balaban J connectivity index is 0.00000242. The fraction of sp³-hybridized carbons (Fsp3) is 0.625. The lowest BCUT2D eigenvalue weighted by molar-refractivity contribution is -0.148. The SMILES string of the molecule is Cc1cc(C)c([C@H](CC(F)(F)F)N2CCNCC2)c(C)c1.Cl.Cl. The summed E-state index contributed by atoms with van der Waals surface area (Å²) < 4.78 is 39.1. The van der Waals surface area contributed by atoms with Gasteiger partial charge in [-0.25, -0.2) is 0 Å². The summed E-state index contributed by atoms with van der Waals surface area (Å²) in [4.78, 5) is 1.97. The first-order valence-corrected chi connectivity index (χ1v) is 7.37. The standard InChI is InChI=1S/C16H23F3N2.2ClH/c1-11-8-12(2)15(13(3)9-11)14(10-16(17,18)19)21-6-4-20-5-7-21;;/h8-9,14,20H,4-7,10H2,1-3H3;2*1H/t14-;;/m0../s1. The lowest BCUT2D eigenvalue weighted by Crippen LogP contribution is -2.46. The molecule has 134 valence electrons. The number of aryl methyl sites for hydroxylation is 3. The van der Waals surface area contributed by atoms with Crippen molar-refractivity contribution in [3.8, 4) is 0 Å². The number of benzene rings is 1. The number of nitrogens with one attached hydrogen (secondary N) is 1. The first-order chi connectivity index (χ1) is 9.78. The number of hydrogen-bond donors (Lipinski definition) is 1. The minimum atomic E-state index is -4.15. The lowest BCUT2D eigenvalue weighted by Gasteiger charge is -2.37. The van der Waals surface area contributed by atoms with Gasteiger partial charge in [-0.1, -0.05) is 17.7 Å². The summed E-state index contributed by atoms with van der Waals surface area (Å²) in [6.45, 7) is 8.63. The maximum absolute atomic E-state index is 13.0. The Morgan fingerprint density at radius 1 is 1.04 bits per heavy atom. The smallest absolute Gasteiger partial charge is 0.314 e. The molecule has 1 aromatic rings. The highest BCUT2D eigenvalue weighted by Gasteiger charge is 2.37. The molecular weight excluding hydrogens is 348 g/mol.